The second-order valence-electron chi connectivity index (χ2n) is 4.43. The van der Waals surface area contributed by atoms with Gasteiger partial charge in [0.2, 0.25) is 0 Å². The first kappa shape index (κ1) is 14.9. The molecule has 0 aliphatic rings. The first-order valence-corrected chi connectivity index (χ1v) is 7.75. The lowest BCUT2D eigenvalue weighted by Gasteiger charge is -2.03. The van der Waals surface area contributed by atoms with Gasteiger partial charge in [-0.2, -0.15) is 0 Å². The molecule has 112 valence electrons. The van der Waals surface area contributed by atoms with Crippen molar-refractivity contribution in [3.8, 4) is 0 Å². The lowest BCUT2D eigenvalue weighted by molar-refractivity contribution is 0.0830. The molecule has 0 aliphatic carbocycles. The number of hydrogen-bond acceptors (Lipinski definition) is 3. The number of H-pyrrole nitrogens is 1. The van der Waals surface area contributed by atoms with E-state index in [0.717, 1.165) is 14.3 Å². The fourth-order valence-electron chi connectivity index (χ4n) is 1.87. The predicted molar refractivity (Wildman–Crippen MR) is 87.3 cm³/mol. The lowest BCUT2D eigenvalue weighted by Crippen LogP contribution is -2.41. The topological polar surface area (TPSA) is 87.1 Å². The molecule has 0 aliphatic heterocycles. The molecule has 0 spiro atoms. The SMILES string of the molecule is O=C(NNC(=O)c1cc2cc(Br)ccc2o1)c1cc(Br)c[nH]1. The maximum absolute atomic E-state index is 12.0. The third-order valence-electron chi connectivity index (χ3n) is 2.88. The van der Waals surface area contributed by atoms with E-state index in [4.69, 9.17) is 4.42 Å². The molecule has 0 saturated carbocycles. The Bertz CT molecular complexity index is 869. The molecular formula is C14H9Br2N3O3. The first-order valence-electron chi connectivity index (χ1n) is 6.16. The van der Waals surface area contributed by atoms with Crippen molar-refractivity contribution in [1.82, 2.24) is 15.8 Å². The maximum atomic E-state index is 12.0. The van der Waals surface area contributed by atoms with Crippen LogP contribution in [0.5, 0.6) is 0 Å². The van der Waals surface area contributed by atoms with Gasteiger partial charge in [0.15, 0.2) is 5.76 Å². The minimum Gasteiger partial charge on any atom is -0.451 e. The molecule has 2 aromatic heterocycles. The van der Waals surface area contributed by atoms with Gasteiger partial charge in [-0.3, -0.25) is 20.4 Å². The third kappa shape index (κ3) is 3.07. The zero-order valence-corrected chi connectivity index (χ0v) is 14.1. The Balaban J connectivity index is 1.69. The zero-order valence-electron chi connectivity index (χ0n) is 10.9. The molecule has 3 N–H and O–H groups in total. The molecule has 0 unspecified atom stereocenters. The molecule has 2 amide bonds. The van der Waals surface area contributed by atoms with Gasteiger partial charge in [0.05, 0.1) is 0 Å². The van der Waals surface area contributed by atoms with Crippen molar-refractivity contribution in [2.45, 2.75) is 0 Å². The van der Waals surface area contributed by atoms with Crippen molar-refractivity contribution in [3.63, 3.8) is 0 Å². The summed E-state index contributed by atoms with van der Waals surface area (Å²) in [5.41, 5.74) is 5.52. The van der Waals surface area contributed by atoms with Gasteiger partial charge in [-0.15, -0.1) is 0 Å². The number of fused-ring (bicyclic) bond motifs is 1. The van der Waals surface area contributed by atoms with Crippen LogP contribution >= 0.6 is 31.9 Å². The predicted octanol–water partition coefficient (Wildman–Crippen LogP) is 3.36. The number of nitrogens with one attached hydrogen (secondary N) is 3. The highest BCUT2D eigenvalue weighted by Gasteiger charge is 2.14. The van der Waals surface area contributed by atoms with Crippen LogP contribution in [0.1, 0.15) is 21.0 Å². The summed E-state index contributed by atoms with van der Waals surface area (Å²) in [5.74, 6) is -0.884. The van der Waals surface area contributed by atoms with Crippen molar-refractivity contribution >= 4 is 54.6 Å². The van der Waals surface area contributed by atoms with Gasteiger partial charge in [0.25, 0.3) is 5.91 Å². The molecule has 0 radical (unpaired) electrons. The summed E-state index contributed by atoms with van der Waals surface area (Å²) >= 11 is 6.57. The number of carbonyl (C=O) groups is 2. The molecular weight excluding hydrogens is 418 g/mol. The molecule has 3 rings (SSSR count). The van der Waals surface area contributed by atoms with E-state index in [0.29, 0.717) is 11.3 Å². The van der Waals surface area contributed by atoms with E-state index >= 15 is 0 Å². The summed E-state index contributed by atoms with van der Waals surface area (Å²) in [6.45, 7) is 0. The summed E-state index contributed by atoms with van der Waals surface area (Å²) in [6.07, 6.45) is 1.62. The maximum Gasteiger partial charge on any atom is 0.305 e. The van der Waals surface area contributed by atoms with E-state index in [-0.39, 0.29) is 5.76 Å². The number of hydrazine groups is 1. The Labute approximate surface area is 141 Å². The van der Waals surface area contributed by atoms with Gasteiger partial charge in [-0.05, 0) is 46.3 Å². The molecule has 0 bridgehead atoms. The average Bonchev–Trinajstić information content (AvgIpc) is 3.10. The fourth-order valence-corrected chi connectivity index (χ4v) is 2.59. The van der Waals surface area contributed by atoms with Crippen LogP contribution < -0.4 is 10.9 Å². The summed E-state index contributed by atoms with van der Waals surface area (Å²) < 4.78 is 7.06. The number of carbonyl (C=O) groups excluding carboxylic acids is 2. The van der Waals surface area contributed by atoms with Crippen molar-refractivity contribution in [3.05, 3.63) is 56.9 Å². The summed E-state index contributed by atoms with van der Waals surface area (Å²) in [7, 11) is 0. The first-order chi connectivity index (χ1) is 10.5. The Morgan fingerprint density at radius 1 is 1.00 bits per heavy atom. The second kappa shape index (κ2) is 5.98. The lowest BCUT2D eigenvalue weighted by atomic mass is 10.2. The molecule has 22 heavy (non-hydrogen) atoms. The number of halogens is 2. The van der Waals surface area contributed by atoms with Crippen molar-refractivity contribution in [2.24, 2.45) is 0 Å². The smallest absolute Gasteiger partial charge is 0.305 e. The number of furan rings is 1. The minimum atomic E-state index is -0.536. The van der Waals surface area contributed by atoms with Crippen LogP contribution in [-0.2, 0) is 0 Å². The Hall–Kier alpha value is -2.06. The van der Waals surface area contributed by atoms with Gasteiger partial charge in [-0.1, -0.05) is 15.9 Å². The Morgan fingerprint density at radius 3 is 2.50 bits per heavy atom. The average molecular weight is 427 g/mol. The molecule has 0 fully saturated rings. The fraction of sp³-hybridized carbons (Fsp3) is 0. The summed E-state index contributed by atoms with van der Waals surface area (Å²) in [5, 5.41) is 0.791. The van der Waals surface area contributed by atoms with Gasteiger partial charge < -0.3 is 9.40 Å². The van der Waals surface area contributed by atoms with E-state index in [1.165, 1.54) is 0 Å². The standard InChI is InChI=1S/C14H9Br2N3O3/c15-8-1-2-11-7(3-8)4-12(22-11)14(21)19-18-13(20)10-5-9(16)6-17-10/h1-6,17H,(H,18,20)(H,19,21). The number of amides is 2. The monoisotopic (exact) mass is 425 g/mol. The molecule has 8 heteroatoms. The van der Waals surface area contributed by atoms with E-state index in [2.05, 4.69) is 47.7 Å². The normalized spacial score (nSPS) is 10.6. The van der Waals surface area contributed by atoms with Crippen LogP contribution in [0.4, 0.5) is 0 Å². The third-order valence-corrected chi connectivity index (χ3v) is 3.84. The molecule has 3 aromatic rings. The highest BCUT2D eigenvalue weighted by atomic mass is 79.9. The zero-order chi connectivity index (χ0) is 15.7. The van der Waals surface area contributed by atoms with Gasteiger partial charge in [0, 0.05) is 20.5 Å². The number of aromatic amines is 1. The number of aromatic nitrogens is 1. The van der Waals surface area contributed by atoms with Crippen LogP contribution in [-0.4, -0.2) is 16.8 Å². The van der Waals surface area contributed by atoms with Crippen molar-refractivity contribution in [2.75, 3.05) is 0 Å². The summed E-state index contributed by atoms with van der Waals surface area (Å²) in [4.78, 5) is 26.5. The van der Waals surface area contributed by atoms with E-state index in [9.17, 15) is 9.59 Å². The largest absolute Gasteiger partial charge is 0.451 e. The number of hydrogen-bond donors (Lipinski definition) is 3. The van der Waals surface area contributed by atoms with Crippen molar-refractivity contribution < 1.29 is 14.0 Å². The van der Waals surface area contributed by atoms with Crippen LogP contribution in [0.15, 0.2) is 49.9 Å². The van der Waals surface area contributed by atoms with Crippen LogP contribution in [0.3, 0.4) is 0 Å². The number of benzene rings is 1. The molecule has 6 nitrogen and oxygen atoms in total. The second-order valence-corrected chi connectivity index (χ2v) is 6.26. The van der Waals surface area contributed by atoms with Crippen molar-refractivity contribution in [1.29, 1.82) is 0 Å². The summed E-state index contributed by atoms with van der Waals surface area (Å²) in [6, 6.07) is 8.61. The van der Waals surface area contributed by atoms with E-state index in [1.54, 1.807) is 24.4 Å². The van der Waals surface area contributed by atoms with Crippen LogP contribution in [0, 0.1) is 0 Å². The Morgan fingerprint density at radius 2 is 1.77 bits per heavy atom. The van der Waals surface area contributed by atoms with E-state index in [1.807, 2.05) is 12.1 Å². The minimum absolute atomic E-state index is 0.112. The highest BCUT2D eigenvalue weighted by molar-refractivity contribution is 9.10. The quantitative estimate of drug-likeness (QED) is 0.549. The van der Waals surface area contributed by atoms with Gasteiger partial charge in [0.1, 0.15) is 11.3 Å². The molecule has 1 aromatic carbocycles. The molecule has 2 heterocycles. The molecule has 0 saturated heterocycles. The number of rotatable bonds is 2. The highest BCUT2D eigenvalue weighted by Crippen LogP contribution is 2.23. The molecule has 0 atom stereocenters. The van der Waals surface area contributed by atoms with Crippen LogP contribution in [0.2, 0.25) is 0 Å². The van der Waals surface area contributed by atoms with Crippen LogP contribution in [0.25, 0.3) is 11.0 Å². The van der Waals surface area contributed by atoms with Gasteiger partial charge in [-0.25, -0.2) is 0 Å². The van der Waals surface area contributed by atoms with E-state index < -0.39 is 11.8 Å². The Kier molecular flexibility index (Phi) is 4.04. The van der Waals surface area contributed by atoms with Gasteiger partial charge >= 0.3 is 5.91 Å².